The highest BCUT2D eigenvalue weighted by molar-refractivity contribution is 9.10. The zero-order chi connectivity index (χ0) is 11.5. The fourth-order valence-electron chi connectivity index (χ4n) is 1.22. The topological polar surface area (TPSA) is 54.0 Å². The van der Waals surface area contributed by atoms with E-state index in [1.807, 2.05) is 0 Å². The van der Waals surface area contributed by atoms with Crippen LogP contribution in [0.5, 0.6) is 0 Å². The number of halogens is 2. The van der Waals surface area contributed by atoms with Gasteiger partial charge in [0, 0.05) is 12.2 Å². The molecule has 2 rings (SSSR count). The van der Waals surface area contributed by atoms with Gasteiger partial charge >= 0.3 is 0 Å². The van der Waals surface area contributed by atoms with Crippen molar-refractivity contribution in [1.29, 1.82) is 0 Å². The molecule has 1 amide bonds. The molecule has 1 aliphatic carbocycles. The molecule has 1 aromatic rings. The van der Waals surface area contributed by atoms with Gasteiger partial charge in [-0.25, -0.2) is 4.98 Å². The summed E-state index contributed by atoms with van der Waals surface area (Å²) in [6.45, 7) is 0.226. The first-order chi connectivity index (χ1) is 7.65. The Kier molecular flexibility index (Phi) is 3.66. The first-order valence-electron chi connectivity index (χ1n) is 4.99. The van der Waals surface area contributed by atoms with Crippen LogP contribution in [0.2, 0.25) is 5.02 Å². The fourth-order valence-corrected chi connectivity index (χ4v) is 1.99. The largest absolute Gasteiger partial charge is 0.360 e. The van der Waals surface area contributed by atoms with E-state index in [2.05, 4.69) is 31.5 Å². The first-order valence-corrected chi connectivity index (χ1v) is 6.16. The van der Waals surface area contributed by atoms with Gasteiger partial charge in [0.25, 0.3) is 0 Å². The van der Waals surface area contributed by atoms with Crippen LogP contribution in [-0.4, -0.2) is 23.5 Å². The first kappa shape index (κ1) is 11.7. The second kappa shape index (κ2) is 5.01. The van der Waals surface area contributed by atoms with E-state index < -0.39 is 0 Å². The molecule has 1 saturated carbocycles. The minimum Gasteiger partial charge on any atom is -0.360 e. The molecular formula is C10H11BrClN3O. The molecule has 1 heterocycles. The summed E-state index contributed by atoms with van der Waals surface area (Å²) < 4.78 is 0.749. The average molecular weight is 305 g/mol. The van der Waals surface area contributed by atoms with Crippen molar-refractivity contribution >= 4 is 39.3 Å². The van der Waals surface area contributed by atoms with E-state index in [0.29, 0.717) is 16.9 Å². The lowest BCUT2D eigenvalue weighted by Gasteiger charge is -2.07. The predicted molar refractivity (Wildman–Crippen MR) is 66.6 cm³/mol. The molecule has 0 unspecified atom stereocenters. The Balaban J connectivity index is 1.85. The van der Waals surface area contributed by atoms with Crippen molar-refractivity contribution in [2.24, 2.45) is 0 Å². The van der Waals surface area contributed by atoms with Crippen LogP contribution in [0.4, 0.5) is 5.82 Å². The molecule has 6 heteroatoms. The number of hydrogen-bond acceptors (Lipinski definition) is 3. The highest BCUT2D eigenvalue weighted by atomic mass is 79.9. The lowest BCUT2D eigenvalue weighted by Crippen LogP contribution is -2.31. The van der Waals surface area contributed by atoms with E-state index >= 15 is 0 Å². The van der Waals surface area contributed by atoms with E-state index in [1.165, 1.54) is 6.20 Å². The van der Waals surface area contributed by atoms with Crippen LogP contribution in [0.25, 0.3) is 0 Å². The second-order valence-electron chi connectivity index (χ2n) is 3.68. The Morgan fingerprint density at radius 3 is 3.00 bits per heavy atom. The molecule has 1 aromatic heterocycles. The molecule has 4 nitrogen and oxygen atoms in total. The third-order valence-corrected chi connectivity index (χ3v) is 2.98. The van der Waals surface area contributed by atoms with E-state index in [4.69, 9.17) is 11.6 Å². The summed E-state index contributed by atoms with van der Waals surface area (Å²) in [5, 5.41) is 6.38. The summed E-state index contributed by atoms with van der Waals surface area (Å²) in [6.07, 6.45) is 3.72. The second-order valence-corrected chi connectivity index (χ2v) is 4.97. The number of carbonyl (C=O) groups excluding carboxylic acids is 1. The lowest BCUT2D eigenvalue weighted by atomic mass is 10.4. The van der Waals surface area contributed by atoms with E-state index in [1.54, 1.807) is 6.07 Å². The Morgan fingerprint density at radius 2 is 2.38 bits per heavy atom. The minimum absolute atomic E-state index is 0.00819. The lowest BCUT2D eigenvalue weighted by molar-refractivity contribution is -0.119. The normalized spacial score (nSPS) is 14.6. The number of pyridine rings is 1. The summed E-state index contributed by atoms with van der Waals surface area (Å²) >= 11 is 9.08. The van der Waals surface area contributed by atoms with Gasteiger partial charge in [-0.1, -0.05) is 11.6 Å². The molecular weight excluding hydrogens is 293 g/mol. The predicted octanol–water partition coefficient (Wildman–Crippen LogP) is 2.19. The van der Waals surface area contributed by atoms with E-state index in [-0.39, 0.29) is 12.5 Å². The molecule has 0 bridgehead atoms. The van der Waals surface area contributed by atoms with Gasteiger partial charge in [0.2, 0.25) is 5.91 Å². The Hall–Kier alpha value is -0.810. The van der Waals surface area contributed by atoms with Gasteiger partial charge in [0.15, 0.2) is 0 Å². The summed E-state index contributed by atoms with van der Waals surface area (Å²) in [5.41, 5.74) is 0. The Labute approximate surface area is 107 Å². The van der Waals surface area contributed by atoms with Crippen molar-refractivity contribution in [3.05, 3.63) is 21.8 Å². The third-order valence-electron chi connectivity index (χ3n) is 2.17. The number of anilines is 1. The molecule has 0 spiro atoms. The van der Waals surface area contributed by atoms with Gasteiger partial charge in [-0.2, -0.15) is 0 Å². The smallest absolute Gasteiger partial charge is 0.239 e. The SMILES string of the molecule is O=C(CNc1ncc(Cl)cc1Br)NC1CC1. The number of aromatic nitrogens is 1. The molecule has 86 valence electrons. The van der Waals surface area contributed by atoms with Gasteiger partial charge in [-0.05, 0) is 34.8 Å². The van der Waals surface area contributed by atoms with Crippen molar-refractivity contribution in [1.82, 2.24) is 10.3 Å². The average Bonchev–Trinajstić information content (AvgIpc) is 3.00. The maximum atomic E-state index is 11.4. The molecule has 0 radical (unpaired) electrons. The van der Waals surface area contributed by atoms with E-state index in [0.717, 1.165) is 17.3 Å². The standard InChI is InChI=1S/C10H11BrClN3O/c11-8-3-6(12)4-13-10(8)14-5-9(16)15-7-1-2-7/h3-4,7H,1-2,5H2,(H,13,14)(H,15,16). The summed E-state index contributed by atoms with van der Waals surface area (Å²) in [4.78, 5) is 15.5. The minimum atomic E-state index is -0.00819. The zero-order valence-electron chi connectivity index (χ0n) is 8.46. The number of nitrogens with one attached hydrogen (secondary N) is 2. The zero-order valence-corrected chi connectivity index (χ0v) is 10.8. The molecule has 0 saturated heterocycles. The highest BCUT2D eigenvalue weighted by Gasteiger charge is 2.22. The van der Waals surface area contributed by atoms with Crippen LogP contribution < -0.4 is 10.6 Å². The molecule has 0 aliphatic heterocycles. The number of hydrogen-bond donors (Lipinski definition) is 2. The van der Waals surface area contributed by atoms with Crippen molar-refractivity contribution in [2.75, 3.05) is 11.9 Å². The van der Waals surface area contributed by atoms with Crippen molar-refractivity contribution in [2.45, 2.75) is 18.9 Å². The highest BCUT2D eigenvalue weighted by Crippen LogP contribution is 2.23. The van der Waals surface area contributed by atoms with Crippen LogP contribution in [0.3, 0.4) is 0 Å². The molecule has 2 N–H and O–H groups in total. The quantitative estimate of drug-likeness (QED) is 0.896. The van der Waals surface area contributed by atoms with Crippen molar-refractivity contribution in [3.63, 3.8) is 0 Å². The van der Waals surface area contributed by atoms with Gasteiger partial charge in [-0.3, -0.25) is 4.79 Å². The monoisotopic (exact) mass is 303 g/mol. The molecule has 0 aromatic carbocycles. The molecule has 1 fully saturated rings. The Bertz CT molecular complexity index is 409. The van der Waals surface area contributed by atoms with Crippen LogP contribution in [0, 0.1) is 0 Å². The van der Waals surface area contributed by atoms with Gasteiger partial charge in [0.05, 0.1) is 16.0 Å². The van der Waals surface area contributed by atoms with E-state index in [9.17, 15) is 4.79 Å². The summed E-state index contributed by atoms with van der Waals surface area (Å²) in [6, 6.07) is 2.12. The maximum Gasteiger partial charge on any atom is 0.239 e. The molecule has 16 heavy (non-hydrogen) atoms. The van der Waals surface area contributed by atoms with Crippen LogP contribution >= 0.6 is 27.5 Å². The van der Waals surface area contributed by atoms with Gasteiger partial charge in [0.1, 0.15) is 5.82 Å². The maximum absolute atomic E-state index is 11.4. The molecule has 0 atom stereocenters. The van der Waals surface area contributed by atoms with Crippen molar-refractivity contribution < 1.29 is 4.79 Å². The van der Waals surface area contributed by atoms with Crippen LogP contribution in [-0.2, 0) is 4.79 Å². The van der Waals surface area contributed by atoms with Gasteiger partial charge in [-0.15, -0.1) is 0 Å². The van der Waals surface area contributed by atoms with Gasteiger partial charge < -0.3 is 10.6 Å². The number of carbonyl (C=O) groups is 1. The number of amides is 1. The Morgan fingerprint density at radius 1 is 1.62 bits per heavy atom. The van der Waals surface area contributed by atoms with Crippen LogP contribution in [0.1, 0.15) is 12.8 Å². The van der Waals surface area contributed by atoms with Crippen molar-refractivity contribution in [3.8, 4) is 0 Å². The third kappa shape index (κ3) is 3.35. The molecule has 1 aliphatic rings. The summed E-state index contributed by atoms with van der Waals surface area (Å²) in [5.74, 6) is 0.612. The fraction of sp³-hybridized carbons (Fsp3) is 0.400. The van der Waals surface area contributed by atoms with Crippen LogP contribution in [0.15, 0.2) is 16.7 Å². The summed E-state index contributed by atoms with van der Waals surface area (Å²) in [7, 11) is 0. The number of rotatable bonds is 4. The number of nitrogens with zero attached hydrogens (tertiary/aromatic N) is 1.